The van der Waals surface area contributed by atoms with Gasteiger partial charge in [0.2, 0.25) is 5.91 Å². The third kappa shape index (κ3) is 3.29. The molecule has 0 spiro atoms. The van der Waals surface area contributed by atoms with Crippen molar-refractivity contribution in [1.29, 1.82) is 0 Å². The molecule has 4 rings (SSSR count). The molecule has 2 atom stereocenters. The lowest BCUT2D eigenvalue weighted by Crippen LogP contribution is -2.45. The van der Waals surface area contributed by atoms with Crippen LogP contribution < -0.4 is 5.56 Å². The topological polar surface area (TPSA) is 59.6 Å². The summed E-state index contributed by atoms with van der Waals surface area (Å²) < 4.78 is 3.34. The Morgan fingerprint density at radius 3 is 2.74 bits per heavy atom. The van der Waals surface area contributed by atoms with Crippen LogP contribution in [0.4, 0.5) is 0 Å². The Morgan fingerprint density at radius 1 is 1.30 bits per heavy atom. The first kappa shape index (κ1) is 18.2. The number of hydrogen-bond donors (Lipinski definition) is 0. The number of hydrogen-bond acceptors (Lipinski definition) is 4. The van der Waals surface area contributed by atoms with Crippen molar-refractivity contribution >= 4 is 33.0 Å². The van der Waals surface area contributed by atoms with Gasteiger partial charge in [0.05, 0.1) is 0 Å². The highest BCUT2D eigenvalue weighted by Gasteiger charge is 2.26. The van der Waals surface area contributed by atoms with Gasteiger partial charge < -0.3 is 4.90 Å². The molecular formula is C20H26N4O2S. The quantitative estimate of drug-likeness (QED) is 0.692. The standard InChI is InChI=1S/C20H26N4O2S/c1-4-5-17-21-23(12-18(25)22-10-13(2)8-14(3)11-22)19(26)16-9-15-6-7-27-20(15)24(16)17/h6-7,9,13-14H,4-5,8,10-12H2,1-3H3/t13-,14-/m1/s1. The predicted molar refractivity (Wildman–Crippen MR) is 108 cm³/mol. The molecule has 0 bridgehead atoms. The molecule has 6 nitrogen and oxygen atoms in total. The number of aryl methyl sites for hydroxylation is 1. The molecule has 1 amide bonds. The summed E-state index contributed by atoms with van der Waals surface area (Å²) in [6, 6.07) is 3.94. The van der Waals surface area contributed by atoms with Crippen LogP contribution in [0, 0.1) is 11.8 Å². The summed E-state index contributed by atoms with van der Waals surface area (Å²) in [6.45, 7) is 8.01. The highest BCUT2D eigenvalue weighted by Crippen LogP contribution is 2.25. The van der Waals surface area contributed by atoms with Crippen molar-refractivity contribution in [2.45, 2.75) is 46.6 Å². The van der Waals surface area contributed by atoms with Gasteiger partial charge in [0.1, 0.15) is 22.7 Å². The number of nitrogens with zero attached hydrogens (tertiary/aromatic N) is 4. The van der Waals surface area contributed by atoms with E-state index in [2.05, 4.69) is 25.9 Å². The Hall–Kier alpha value is -2.15. The van der Waals surface area contributed by atoms with Crippen molar-refractivity contribution in [3.05, 3.63) is 33.7 Å². The van der Waals surface area contributed by atoms with Gasteiger partial charge in [0.15, 0.2) is 0 Å². The summed E-state index contributed by atoms with van der Waals surface area (Å²) in [5.41, 5.74) is 0.424. The molecule has 0 N–H and O–H groups in total. The van der Waals surface area contributed by atoms with Crippen LogP contribution in [-0.4, -0.2) is 38.1 Å². The molecule has 0 saturated carbocycles. The number of carbonyl (C=O) groups excluding carboxylic acids is 1. The molecule has 27 heavy (non-hydrogen) atoms. The smallest absolute Gasteiger partial charge is 0.291 e. The van der Waals surface area contributed by atoms with Crippen LogP contribution in [0.25, 0.3) is 15.7 Å². The number of piperidine rings is 1. The van der Waals surface area contributed by atoms with Crippen molar-refractivity contribution < 1.29 is 4.79 Å². The Morgan fingerprint density at radius 2 is 2.04 bits per heavy atom. The lowest BCUT2D eigenvalue weighted by atomic mass is 9.92. The van der Waals surface area contributed by atoms with Gasteiger partial charge in [0, 0.05) is 24.9 Å². The first-order valence-electron chi connectivity index (χ1n) is 9.74. The number of likely N-dealkylation sites (tertiary alicyclic amines) is 1. The average molecular weight is 387 g/mol. The highest BCUT2D eigenvalue weighted by molar-refractivity contribution is 7.16. The maximum atomic E-state index is 13.0. The Kier molecular flexibility index (Phi) is 4.80. The maximum absolute atomic E-state index is 13.0. The van der Waals surface area contributed by atoms with Gasteiger partial charge >= 0.3 is 0 Å². The highest BCUT2D eigenvalue weighted by atomic mass is 32.1. The average Bonchev–Trinajstić information content (AvgIpc) is 3.19. The normalized spacial score (nSPS) is 20.6. The molecule has 144 valence electrons. The van der Waals surface area contributed by atoms with Crippen molar-refractivity contribution in [1.82, 2.24) is 19.1 Å². The minimum atomic E-state index is -0.190. The number of amides is 1. The minimum Gasteiger partial charge on any atom is -0.341 e. The number of fused-ring (bicyclic) bond motifs is 3. The van der Waals surface area contributed by atoms with E-state index in [0.29, 0.717) is 17.4 Å². The second kappa shape index (κ2) is 7.11. The van der Waals surface area contributed by atoms with Gasteiger partial charge in [-0.05, 0) is 42.2 Å². The fourth-order valence-electron chi connectivity index (χ4n) is 4.29. The number of thiophene rings is 1. The summed E-state index contributed by atoms with van der Waals surface area (Å²) in [5.74, 6) is 1.83. The fraction of sp³-hybridized carbons (Fsp3) is 0.550. The molecule has 1 saturated heterocycles. The fourth-order valence-corrected chi connectivity index (χ4v) is 5.20. The SMILES string of the molecule is CCCc1nn(CC(=O)N2C[C@H](C)C[C@@H](C)C2)c(=O)c2cc3ccsc3n12. The summed E-state index contributed by atoms with van der Waals surface area (Å²) in [4.78, 5) is 28.8. The largest absolute Gasteiger partial charge is 0.341 e. The third-order valence-electron chi connectivity index (χ3n) is 5.34. The van der Waals surface area contributed by atoms with Gasteiger partial charge in [-0.25, -0.2) is 4.68 Å². The summed E-state index contributed by atoms with van der Waals surface area (Å²) in [7, 11) is 0. The number of rotatable bonds is 4. The van der Waals surface area contributed by atoms with Crippen molar-refractivity contribution in [2.75, 3.05) is 13.1 Å². The second-order valence-corrected chi connectivity index (χ2v) is 8.81. The van der Waals surface area contributed by atoms with Crippen LogP contribution in [-0.2, 0) is 17.8 Å². The van der Waals surface area contributed by atoms with Gasteiger partial charge in [-0.1, -0.05) is 20.8 Å². The van der Waals surface area contributed by atoms with E-state index in [4.69, 9.17) is 0 Å². The van der Waals surface area contributed by atoms with E-state index >= 15 is 0 Å². The monoisotopic (exact) mass is 386 g/mol. The van der Waals surface area contributed by atoms with Gasteiger partial charge in [-0.15, -0.1) is 11.3 Å². The number of aromatic nitrogens is 3. The van der Waals surface area contributed by atoms with Gasteiger partial charge in [0.25, 0.3) is 5.56 Å². The van der Waals surface area contributed by atoms with E-state index in [9.17, 15) is 9.59 Å². The summed E-state index contributed by atoms with van der Waals surface area (Å²) >= 11 is 1.61. The van der Waals surface area contributed by atoms with E-state index in [-0.39, 0.29) is 18.0 Å². The molecule has 4 heterocycles. The van der Waals surface area contributed by atoms with E-state index in [1.54, 1.807) is 11.3 Å². The van der Waals surface area contributed by atoms with E-state index in [0.717, 1.165) is 48.4 Å². The molecule has 7 heteroatoms. The second-order valence-electron chi connectivity index (χ2n) is 7.92. The molecule has 0 radical (unpaired) electrons. The van der Waals surface area contributed by atoms with Crippen molar-refractivity contribution in [3.8, 4) is 0 Å². The first-order valence-corrected chi connectivity index (χ1v) is 10.6. The summed E-state index contributed by atoms with van der Waals surface area (Å²) in [6.07, 6.45) is 2.85. The molecule has 1 fully saturated rings. The van der Waals surface area contributed by atoms with E-state index < -0.39 is 0 Å². The Labute approximate surface area is 162 Å². The van der Waals surface area contributed by atoms with Crippen LogP contribution in [0.15, 0.2) is 22.3 Å². The van der Waals surface area contributed by atoms with Crippen molar-refractivity contribution in [3.63, 3.8) is 0 Å². The third-order valence-corrected chi connectivity index (χ3v) is 6.25. The molecule has 1 aliphatic heterocycles. The first-order chi connectivity index (χ1) is 13.0. The molecule has 1 aliphatic rings. The van der Waals surface area contributed by atoms with Crippen LogP contribution in [0.5, 0.6) is 0 Å². The predicted octanol–water partition coefficient (Wildman–Crippen LogP) is 3.17. The van der Waals surface area contributed by atoms with E-state index in [1.807, 2.05) is 26.8 Å². The van der Waals surface area contributed by atoms with Crippen molar-refractivity contribution in [2.24, 2.45) is 11.8 Å². The molecule has 0 unspecified atom stereocenters. The molecule has 0 aliphatic carbocycles. The van der Waals surface area contributed by atoms with Crippen LogP contribution in [0.3, 0.4) is 0 Å². The zero-order chi connectivity index (χ0) is 19.1. The summed E-state index contributed by atoms with van der Waals surface area (Å²) in [5, 5.41) is 7.67. The zero-order valence-electron chi connectivity index (χ0n) is 16.1. The molecule has 0 aromatic carbocycles. The zero-order valence-corrected chi connectivity index (χ0v) is 17.0. The van der Waals surface area contributed by atoms with Crippen LogP contribution >= 0.6 is 11.3 Å². The lowest BCUT2D eigenvalue weighted by Gasteiger charge is -2.35. The number of carbonyl (C=O) groups is 1. The lowest BCUT2D eigenvalue weighted by molar-refractivity contribution is -0.134. The van der Waals surface area contributed by atoms with Crippen LogP contribution in [0.2, 0.25) is 0 Å². The molecular weight excluding hydrogens is 360 g/mol. The van der Waals surface area contributed by atoms with E-state index in [1.165, 1.54) is 4.68 Å². The molecule has 3 aromatic rings. The Bertz CT molecular complexity index is 1040. The Balaban J connectivity index is 1.72. The van der Waals surface area contributed by atoms with Gasteiger partial charge in [-0.2, -0.15) is 5.10 Å². The van der Waals surface area contributed by atoms with Crippen LogP contribution in [0.1, 0.15) is 39.4 Å². The maximum Gasteiger partial charge on any atom is 0.291 e. The minimum absolute atomic E-state index is 0.0110. The van der Waals surface area contributed by atoms with Gasteiger partial charge in [-0.3, -0.25) is 14.0 Å². The molecule has 3 aromatic heterocycles.